The smallest absolute Gasteiger partial charge is 0.193 e. The Hall–Kier alpha value is -1.70. The van der Waals surface area contributed by atoms with Crippen molar-refractivity contribution in [2.75, 3.05) is 45.5 Å². The van der Waals surface area contributed by atoms with Gasteiger partial charge in [-0.25, -0.2) is 0 Å². The highest BCUT2D eigenvalue weighted by atomic mass is 32.2. The first-order valence-electron chi connectivity index (χ1n) is 8.90. The van der Waals surface area contributed by atoms with Gasteiger partial charge in [-0.3, -0.25) is 14.1 Å². The van der Waals surface area contributed by atoms with E-state index < -0.39 is 10.8 Å². The molecule has 1 unspecified atom stereocenters. The number of nitrogens with one attached hydrogen (secondary N) is 1. The molecule has 1 saturated heterocycles. The Morgan fingerprint density at radius 1 is 1.15 bits per heavy atom. The summed E-state index contributed by atoms with van der Waals surface area (Å²) in [5, 5.41) is 5.50. The molecule has 0 saturated carbocycles. The first-order chi connectivity index (χ1) is 12.8. The van der Waals surface area contributed by atoms with Crippen molar-refractivity contribution in [3.8, 4) is 0 Å². The van der Waals surface area contributed by atoms with E-state index in [0.29, 0.717) is 12.3 Å². The number of benzene rings is 1. The van der Waals surface area contributed by atoms with Gasteiger partial charge in [0.05, 0.1) is 10.8 Å². The Morgan fingerprint density at radius 3 is 2.58 bits per heavy atom. The number of thiophene rings is 1. The molecule has 1 aromatic heterocycles. The van der Waals surface area contributed by atoms with Crippen LogP contribution in [0.25, 0.3) is 0 Å². The highest BCUT2D eigenvalue weighted by Crippen LogP contribution is 2.13. The minimum absolute atomic E-state index is 0.585. The number of aliphatic imine (C=N–C) groups is 1. The normalized spacial score (nSPS) is 17.3. The maximum atomic E-state index is 12.3. The molecule has 1 fully saturated rings. The molecule has 0 aliphatic carbocycles. The van der Waals surface area contributed by atoms with Crippen LogP contribution in [-0.2, 0) is 17.3 Å². The number of guanidine groups is 1. The van der Waals surface area contributed by atoms with Gasteiger partial charge in [-0.2, -0.15) is 0 Å². The van der Waals surface area contributed by atoms with E-state index in [4.69, 9.17) is 0 Å². The van der Waals surface area contributed by atoms with Crippen molar-refractivity contribution in [3.05, 3.63) is 52.7 Å². The molecule has 5 nitrogen and oxygen atoms in total. The maximum Gasteiger partial charge on any atom is 0.193 e. The van der Waals surface area contributed by atoms with Crippen LogP contribution in [-0.4, -0.2) is 65.5 Å². The van der Waals surface area contributed by atoms with Crippen LogP contribution < -0.4 is 5.32 Å². The van der Waals surface area contributed by atoms with Crippen molar-refractivity contribution in [2.24, 2.45) is 4.99 Å². The molecule has 1 N–H and O–H groups in total. The van der Waals surface area contributed by atoms with Crippen molar-refractivity contribution in [1.29, 1.82) is 0 Å². The molecule has 0 amide bonds. The van der Waals surface area contributed by atoms with E-state index in [1.807, 2.05) is 48.7 Å². The number of rotatable bonds is 6. The van der Waals surface area contributed by atoms with Gasteiger partial charge in [0.2, 0.25) is 0 Å². The molecule has 0 bridgehead atoms. The fraction of sp³-hybridized carbons (Fsp3) is 0.421. The lowest BCUT2D eigenvalue weighted by Crippen LogP contribution is -2.52. The minimum atomic E-state index is -0.974. The topological polar surface area (TPSA) is 47.9 Å². The molecule has 0 spiro atoms. The van der Waals surface area contributed by atoms with Gasteiger partial charge in [-0.15, -0.1) is 11.3 Å². The Kier molecular flexibility index (Phi) is 7.22. The molecule has 2 aromatic rings. The predicted octanol–water partition coefficient (Wildman–Crippen LogP) is 2.25. The summed E-state index contributed by atoms with van der Waals surface area (Å²) in [4.78, 5) is 11.5. The molecule has 1 aromatic carbocycles. The molecule has 2 heterocycles. The highest BCUT2D eigenvalue weighted by molar-refractivity contribution is 7.85. The van der Waals surface area contributed by atoms with E-state index in [-0.39, 0.29) is 0 Å². The second kappa shape index (κ2) is 9.85. The van der Waals surface area contributed by atoms with Gasteiger partial charge in [-0.05, 0) is 23.6 Å². The van der Waals surface area contributed by atoms with Gasteiger partial charge < -0.3 is 10.2 Å². The lowest BCUT2D eigenvalue weighted by Gasteiger charge is -2.36. The van der Waals surface area contributed by atoms with E-state index in [1.165, 1.54) is 4.88 Å². The molecule has 1 aliphatic heterocycles. The second-order valence-corrected chi connectivity index (χ2v) is 8.78. The Labute approximate surface area is 162 Å². The summed E-state index contributed by atoms with van der Waals surface area (Å²) in [5.74, 6) is 1.49. The minimum Gasteiger partial charge on any atom is -0.355 e. The summed E-state index contributed by atoms with van der Waals surface area (Å²) in [6, 6.07) is 13.9. The van der Waals surface area contributed by atoms with E-state index in [2.05, 4.69) is 37.6 Å². The zero-order chi connectivity index (χ0) is 18.2. The summed E-state index contributed by atoms with van der Waals surface area (Å²) < 4.78 is 12.3. The summed E-state index contributed by atoms with van der Waals surface area (Å²) in [7, 11) is 0.840. The zero-order valence-electron chi connectivity index (χ0n) is 15.1. The summed E-state index contributed by atoms with van der Waals surface area (Å²) in [6.07, 6.45) is 0. The zero-order valence-corrected chi connectivity index (χ0v) is 16.8. The summed E-state index contributed by atoms with van der Waals surface area (Å²) >= 11 is 1.82. The summed E-state index contributed by atoms with van der Waals surface area (Å²) in [6.45, 7) is 5.69. The number of hydrogen-bond donors (Lipinski definition) is 1. The summed E-state index contributed by atoms with van der Waals surface area (Å²) in [5.41, 5.74) is 0. The first-order valence-corrected chi connectivity index (χ1v) is 11.1. The third-order valence-electron chi connectivity index (χ3n) is 4.42. The van der Waals surface area contributed by atoms with E-state index in [0.717, 1.165) is 43.6 Å². The molecule has 26 heavy (non-hydrogen) atoms. The van der Waals surface area contributed by atoms with Gasteiger partial charge in [-0.1, -0.05) is 24.3 Å². The third kappa shape index (κ3) is 5.40. The molecule has 7 heteroatoms. The van der Waals surface area contributed by atoms with E-state index in [1.54, 1.807) is 0 Å². The van der Waals surface area contributed by atoms with Crippen LogP contribution in [0.4, 0.5) is 0 Å². The van der Waals surface area contributed by atoms with Crippen LogP contribution in [0.15, 0.2) is 57.7 Å². The fourth-order valence-corrected chi connectivity index (χ4v) is 4.75. The van der Waals surface area contributed by atoms with E-state index in [9.17, 15) is 4.21 Å². The van der Waals surface area contributed by atoms with Crippen LogP contribution >= 0.6 is 11.3 Å². The van der Waals surface area contributed by atoms with Crippen molar-refractivity contribution in [2.45, 2.75) is 11.4 Å². The molecule has 1 aliphatic rings. The van der Waals surface area contributed by atoms with Crippen LogP contribution in [0.3, 0.4) is 0 Å². The average Bonchev–Trinajstić information content (AvgIpc) is 3.20. The van der Waals surface area contributed by atoms with Crippen molar-refractivity contribution < 1.29 is 4.21 Å². The number of nitrogens with zero attached hydrogens (tertiary/aromatic N) is 3. The number of piperazine rings is 1. The SMILES string of the molecule is CN=C(NCCS(=O)c1ccccc1)N1CCN(Cc2cccs2)CC1. The Morgan fingerprint density at radius 2 is 1.92 bits per heavy atom. The quantitative estimate of drug-likeness (QED) is 0.607. The van der Waals surface area contributed by atoms with Crippen LogP contribution in [0.2, 0.25) is 0 Å². The molecular formula is C19H26N4OS2. The van der Waals surface area contributed by atoms with Gasteiger partial charge in [0.1, 0.15) is 0 Å². The van der Waals surface area contributed by atoms with Crippen molar-refractivity contribution in [1.82, 2.24) is 15.1 Å². The molecule has 0 radical (unpaired) electrons. The van der Waals surface area contributed by atoms with Crippen LogP contribution in [0.5, 0.6) is 0 Å². The van der Waals surface area contributed by atoms with Crippen LogP contribution in [0.1, 0.15) is 4.88 Å². The van der Waals surface area contributed by atoms with Crippen molar-refractivity contribution in [3.63, 3.8) is 0 Å². The standard InChI is InChI=1S/C19H26N4OS2/c1-20-19(21-9-15-26(24)18-7-3-2-4-8-18)23-12-10-22(11-13-23)16-17-6-5-14-25-17/h2-8,14H,9-13,15-16H2,1H3,(H,20,21). The predicted molar refractivity (Wildman–Crippen MR) is 110 cm³/mol. The number of hydrogen-bond acceptors (Lipinski definition) is 4. The molecule has 1 atom stereocenters. The third-order valence-corrected chi connectivity index (χ3v) is 6.65. The highest BCUT2D eigenvalue weighted by Gasteiger charge is 2.19. The second-order valence-electron chi connectivity index (χ2n) is 6.18. The Balaban J connectivity index is 1.41. The van der Waals surface area contributed by atoms with Crippen LogP contribution in [0, 0.1) is 0 Å². The van der Waals surface area contributed by atoms with Gasteiger partial charge in [0, 0.05) is 61.8 Å². The molecule has 3 rings (SSSR count). The Bertz CT molecular complexity index is 710. The lowest BCUT2D eigenvalue weighted by molar-refractivity contribution is 0.174. The first kappa shape index (κ1) is 19.1. The largest absolute Gasteiger partial charge is 0.355 e. The van der Waals surface area contributed by atoms with Gasteiger partial charge >= 0.3 is 0 Å². The lowest BCUT2D eigenvalue weighted by atomic mass is 10.3. The fourth-order valence-electron chi connectivity index (χ4n) is 3.02. The van der Waals surface area contributed by atoms with Crippen molar-refractivity contribution >= 4 is 28.1 Å². The average molecular weight is 391 g/mol. The van der Waals surface area contributed by atoms with Gasteiger partial charge in [0.25, 0.3) is 0 Å². The molecular weight excluding hydrogens is 364 g/mol. The van der Waals surface area contributed by atoms with Gasteiger partial charge in [0.15, 0.2) is 5.96 Å². The van der Waals surface area contributed by atoms with E-state index >= 15 is 0 Å². The monoisotopic (exact) mass is 390 g/mol. The maximum absolute atomic E-state index is 12.3. The molecule has 140 valence electrons.